The van der Waals surface area contributed by atoms with Gasteiger partial charge < -0.3 is 10.6 Å². The van der Waals surface area contributed by atoms with Crippen molar-refractivity contribution < 1.29 is 9.59 Å². The third-order valence-electron chi connectivity index (χ3n) is 3.98. The molecule has 2 N–H and O–H groups in total. The molecule has 0 heterocycles. The maximum atomic E-state index is 12.4. The number of nitrogens with one attached hydrogen (secondary N) is 2. The molecule has 0 aliphatic rings. The standard InChI is InChI=1S/C22H20N2O2/c1-15-10-12-20(23-16(2)25)21(14-15)24-22(26)13-11-18-8-5-7-17-6-3-4-9-19(17)18/h3-14H,1-2H3,(H,23,25)(H,24,26)/b13-11+. The molecule has 3 aromatic carbocycles. The van der Waals surface area contributed by atoms with Gasteiger partial charge in [-0.2, -0.15) is 0 Å². The molecule has 0 atom stereocenters. The van der Waals surface area contributed by atoms with Gasteiger partial charge in [-0.3, -0.25) is 9.59 Å². The summed E-state index contributed by atoms with van der Waals surface area (Å²) in [6.45, 7) is 3.37. The van der Waals surface area contributed by atoms with Gasteiger partial charge in [-0.25, -0.2) is 0 Å². The fraction of sp³-hybridized carbons (Fsp3) is 0.0909. The van der Waals surface area contributed by atoms with Crippen LogP contribution in [0.5, 0.6) is 0 Å². The predicted molar refractivity (Wildman–Crippen MR) is 107 cm³/mol. The van der Waals surface area contributed by atoms with Gasteiger partial charge in [-0.15, -0.1) is 0 Å². The van der Waals surface area contributed by atoms with E-state index in [0.717, 1.165) is 21.9 Å². The largest absolute Gasteiger partial charge is 0.325 e. The molecule has 0 aliphatic carbocycles. The highest BCUT2D eigenvalue weighted by Crippen LogP contribution is 2.24. The lowest BCUT2D eigenvalue weighted by atomic mass is 10.0. The normalized spacial score (nSPS) is 10.8. The molecule has 130 valence electrons. The quantitative estimate of drug-likeness (QED) is 0.671. The number of carbonyl (C=O) groups excluding carboxylic acids is 2. The van der Waals surface area contributed by atoms with Gasteiger partial charge in [0.2, 0.25) is 11.8 Å². The monoisotopic (exact) mass is 344 g/mol. The van der Waals surface area contributed by atoms with Crippen LogP contribution in [0.4, 0.5) is 11.4 Å². The van der Waals surface area contributed by atoms with Crippen molar-refractivity contribution >= 4 is 40.0 Å². The van der Waals surface area contributed by atoms with Gasteiger partial charge in [-0.1, -0.05) is 48.5 Å². The van der Waals surface area contributed by atoms with Crippen molar-refractivity contribution in [3.63, 3.8) is 0 Å². The molecule has 4 nitrogen and oxygen atoms in total. The fourth-order valence-electron chi connectivity index (χ4n) is 2.80. The van der Waals surface area contributed by atoms with E-state index in [2.05, 4.69) is 10.6 Å². The van der Waals surface area contributed by atoms with E-state index in [-0.39, 0.29) is 11.8 Å². The average molecular weight is 344 g/mol. The minimum atomic E-state index is -0.255. The molecule has 0 bridgehead atoms. The van der Waals surface area contributed by atoms with Crippen molar-refractivity contribution in [1.82, 2.24) is 0 Å². The first-order valence-electron chi connectivity index (χ1n) is 8.38. The number of hydrogen-bond acceptors (Lipinski definition) is 2. The van der Waals surface area contributed by atoms with E-state index in [4.69, 9.17) is 0 Å². The zero-order valence-electron chi connectivity index (χ0n) is 14.7. The van der Waals surface area contributed by atoms with Crippen LogP contribution in [0.3, 0.4) is 0 Å². The van der Waals surface area contributed by atoms with E-state index >= 15 is 0 Å². The predicted octanol–water partition coefficient (Wildman–Crippen LogP) is 4.76. The summed E-state index contributed by atoms with van der Waals surface area (Å²) in [5, 5.41) is 7.78. The summed E-state index contributed by atoms with van der Waals surface area (Å²) in [4.78, 5) is 23.7. The average Bonchev–Trinajstić information content (AvgIpc) is 2.62. The van der Waals surface area contributed by atoms with Gasteiger partial charge in [0.05, 0.1) is 11.4 Å². The second-order valence-electron chi connectivity index (χ2n) is 6.12. The highest BCUT2D eigenvalue weighted by atomic mass is 16.2. The number of carbonyl (C=O) groups is 2. The number of amides is 2. The first kappa shape index (κ1) is 17.4. The van der Waals surface area contributed by atoms with Crippen LogP contribution >= 0.6 is 0 Å². The molecule has 0 unspecified atom stereocenters. The second kappa shape index (κ2) is 7.66. The van der Waals surface area contributed by atoms with E-state index in [1.165, 1.54) is 13.0 Å². The smallest absolute Gasteiger partial charge is 0.248 e. The van der Waals surface area contributed by atoms with Crippen molar-refractivity contribution in [2.45, 2.75) is 13.8 Å². The molecule has 0 radical (unpaired) electrons. The van der Waals surface area contributed by atoms with E-state index in [1.807, 2.05) is 61.5 Å². The molecule has 0 aromatic heterocycles. The van der Waals surface area contributed by atoms with Crippen molar-refractivity contribution in [3.05, 3.63) is 77.9 Å². The van der Waals surface area contributed by atoms with Crippen LogP contribution in [0.1, 0.15) is 18.1 Å². The summed E-state index contributed by atoms with van der Waals surface area (Å²) in [7, 11) is 0. The van der Waals surface area contributed by atoms with E-state index in [0.29, 0.717) is 11.4 Å². The van der Waals surface area contributed by atoms with E-state index < -0.39 is 0 Å². The van der Waals surface area contributed by atoms with Gasteiger partial charge in [-0.05, 0) is 47.0 Å². The molecule has 0 spiro atoms. The van der Waals surface area contributed by atoms with Crippen LogP contribution in [0.2, 0.25) is 0 Å². The molecule has 2 amide bonds. The number of hydrogen-bond donors (Lipinski definition) is 2. The maximum absolute atomic E-state index is 12.4. The number of fused-ring (bicyclic) bond motifs is 1. The summed E-state index contributed by atoms with van der Waals surface area (Å²) in [5.74, 6) is -0.439. The minimum absolute atomic E-state index is 0.185. The highest BCUT2D eigenvalue weighted by Gasteiger charge is 2.07. The van der Waals surface area contributed by atoms with Crippen molar-refractivity contribution in [1.29, 1.82) is 0 Å². The summed E-state index contributed by atoms with van der Waals surface area (Å²) >= 11 is 0. The van der Waals surface area contributed by atoms with Gasteiger partial charge in [0.25, 0.3) is 0 Å². The van der Waals surface area contributed by atoms with Gasteiger partial charge >= 0.3 is 0 Å². The zero-order chi connectivity index (χ0) is 18.5. The van der Waals surface area contributed by atoms with E-state index in [9.17, 15) is 9.59 Å². The number of rotatable bonds is 4. The van der Waals surface area contributed by atoms with Crippen molar-refractivity contribution in [2.75, 3.05) is 10.6 Å². The Morgan fingerprint density at radius 3 is 2.46 bits per heavy atom. The Labute approximate surface area is 152 Å². The molecule has 26 heavy (non-hydrogen) atoms. The molecular formula is C22H20N2O2. The van der Waals surface area contributed by atoms with Crippen molar-refractivity contribution in [2.24, 2.45) is 0 Å². The third-order valence-corrected chi connectivity index (χ3v) is 3.98. The van der Waals surface area contributed by atoms with Crippen molar-refractivity contribution in [3.8, 4) is 0 Å². The molecule has 4 heteroatoms. The molecule has 0 saturated carbocycles. The van der Waals surface area contributed by atoms with Crippen LogP contribution in [0.25, 0.3) is 16.8 Å². The Kier molecular flexibility index (Phi) is 5.13. The van der Waals surface area contributed by atoms with Gasteiger partial charge in [0.15, 0.2) is 0 Å². The van der Waals surface area contributed by atoms with Crippen LogP contribution in [0.15, 0.2) is 66.7 Å². The summed E-state index contributed by atoms with van der Waals surface area (Å²) in [5.41, 5.74) is 3.12. The molecule has 3 aromatic rings. The lowest BCUT2D eigenvalue weighted by Gasteiger charge is -2.11. The summed E-state index contributed by atoms with van der Waals surface area (Å²) in [6.07, 6.45) is 3.30. The SMILES string of the molecule is CC(=O)Nc1ccc(C)cc1NC(=O)/C=C/c1cccc2ccccc12. The molecule has 0 aliphatic heterocycles. The lowest BCUT2D eigenvalue weighted by molar-refractivity contribution is -0.114. The molecular weight excluding hydrogens is 324 g/mol. The topological polar surface area (TPSA) is 58.2 Å². The summed E-state index contributed by atoms with van der Waals surface area (Å²) < 4.78 is 0. The maximum Gasteiger partial charge on any atom is 0.248 e. The third kappa shape index (κ3) is 4.16. The van der Waals surface area contributed by atoms with Crippen LogP contribution in [-0.2, 0) is 9.59 Å². The second-order valence-corrected chi connectivity index (χ2v) is 6.12. The lowest BCUT2D eigenvalue weighted by Crippen LogP contribution is -2.13. The molecule has 3 rings (SSSR count). The first-order chi connectivity index (χ1) is 12.5. The Morgan fingerprint density at radius 2 is 1.65 bits per heavy atom. The highest BCUT2D eigenvalue weighted by molar-refractivity contribution is 6.06. The van der Waals surface area contributed by atoms with Crippen LogP contribution in [-0.4, -0.2) is 11.8 Å². The minimum Gasteiger partial charge on any atom is -0.325 e. The Morgan fingerprint density at radius 1 is 0.885 bits per heavy atom. The Hall–Kier alpha value is -3.40. The zero-order valence-corrected chi connectivity index (χ0v) is 14.7. The van der Waals surface area contributed by atoms with E-state index in [1.54, 1.807) is 12.1 Å². The van der Waals surface area contributed by atoms with Gasteiger partial charge in [0.1, 0.15) is 0 Å². The fourth-order valence-corrected chi connectivity index (χ4v) is 2.80. The Balaban J connectivity index is 1.82. The Bertz CT molecular complexity index is 1000. The molecule has 0 saturated heterocycles. The van der Waals surface area contributed by atoms with Crippen LogP contribution < -0.4 is 10.6 Å². The first-order valence-corrected chi connectivity index (χ1v) is 8.38. The number of anilines is 2. The number of benzene rings is 3. The number of aryl methyl sites for hydroxylation is 1. The molecule has 0 fully saturated rings. The van der Waals surface area contributed by atoms with Crippen LogP contribution in [0, 0.1) is 6.92 Å². The van der Waals surface area contributed by atoms with Gasteiger partial charge in [0, 0.05) is 13.0 Å². The summed E-state index contributed by atoms with van der Waals surface area (Å²) in [6, 6.07) is 19.5.